The summed E-state index contributed by atoms with van der Waals surface area (Å²) in [6.07, 6.45) is 2.51. The standard InChI is InChI=1S/C25H29F2N5O2S/c1-17-24(35(33,34)25(13-28-17)18-5-3-2-4-6-18)11-19-7-8-20(12-21(19)26)31-10-9-23(22(27)14-31)32-15-29-30-16-32/h2-8,12,15-17,22-25,28H,9-11,13-14H2,1H3/t17-,22-,23+,24?,25-/m0/s1. The van der Waals surface area contributed by atoms with Gasteiger partial charge in [-0.15, -0.1) is 10.2 Å². The molecule has 0 saturated carbocycles. The number of piperidine rings is 1. The van der Waals surface area contributed by atoms with Gasteiger partial charge in [0.1, 0.15) is 24.6 Å². The van der Waals surface area contributed by atoms with E-state index in [0.717, 1.165) is 5.56 Å². The molecule has 5 atom stereocenters. The molecule has 1 unspecified atom stereocenters. The van der Waals surface area contributed by atoms with E-state index >= 15 is 4.39 Å². The molecule has 2 aliphatic heterocycles. The van der Waals surface area contributed by atoms with Crippen molar-refractivity contribution in [3.8, 4) is 0 Å². The number of hydrogen-bond donors (Lipinski definition) is 1. The smallest absolute Gasteiger partial charge is 0.163 e. The summed E-state index contributed by atoms with van der Waals surface area (Å²) < 4.78 is 58.7. The predicted octanol–water partition coefficient (Wildman–Crippen LogP) is 3.27. The fraction of sp³-hybridized carbons (Fsp3) is 0.440. The van der Waals surface area contributed by atoms with Crippen molar-refractivity contribution in [1.29, 1.82) is 0 Å². The SMILES string of the molecule is C[C@@H]1NC[C@@H](c2ccccc2)S(=O)(=O)C1Cc1ccc(N2CC[C@@H](n3cnnc3)[C@@H](F)C2)cc1F. The fourth-order valence-corrected chi connectivity index (χ4v) is 7.63. The molecule has 5 rings (SSSR count). The van der Waals surface area contributed by atoms with E-state index in [9.17, 15) is 12.8 Å². The second-order valence-electron chi connectivity index (χ2n) is 9.43. The van der Waals surface area contributed by atoms with Gasteiger partial charge in [-0.05, 0) is 43.0 Å². The zero-order chi connectivity index (χ0) is 24.6. The Morgan fingerprint density at radius 3 is 2.54 bits per heavy atom. The highest BCUT2D eigenvalue weighted by atomic mass is 32.2. The number of benzene rings is 2. The molecule has 2 aromatic carbocycles. The number of hydrogen-bond acceptors (Lipinski definition) is 6. The van der Waals surface area contributed by atoms with Gasteiger partial charge in [0.2, 0.25) is 0 Å². The maximum atomic E-state index is 15.2. The molecular formula is C25H29F2N5O2S. The zero-order valence-electron chi connectivity index (χ0n) is 19.5. The molecule has 1 N–H and O–H groups in total. The van der Waals surface area contributed by atoms with Crippen molar-refractivity contribution in [2.24, 2.45) is 0 Å². The van der Waals surface area contributed by atoms with Gasteiger partial charge in [0.05, 0.1) is 23.1 Å². The fourth-order valence-electron chi connectivity index (χ4n) is 5.26. The third kappa shape index (κ3) is 4.69. The first kappa shape index (κ1) is 23.9. The largest absolute Gasteiger partial charge is 0.368 e. The molecular weight excluding hydrogens is 472 g/mol. The monoisotopic (exact) mass is 501 g/mol. The summed E-state index contributed by atoms with van der Waals surface area (Å²) >= 11 is 0. The van der Waals surface area contributed by atoms with Crippen LogP contribution in [-0.4, -0.2) is 60.3 Å². The number of sulfone groups is 1. The Bertz CT molecular complexity index is 1260. The summed E-state index contributed by atoms with van der Waals surface area (Å²) in [5.74, 6) is -0.469. The van der Waals surface area contributed by atoms with E-state index in [1.165, 1.54) is 18.7 Å². The van der Waals surface area contributed by atoms with Gasteiger partial charge in [-0.25, -0.2) is 17.2 Å². The molecule has 2 fully saturated rings. The van der Waals surface area contributed by atoms with Crippen LogP contribution in [0.15, 0.2) is 61.2 Å². The number of anilines is 1. The summed E-state index contributed by atoms with van der Waals surface area (Å²) in [5.41, 5.74) is 1.68. The molecule has 35 heavy (non-hydrogen) atoms. The lowest BCUT2D eigenvalue weighted by Crippen LogP contribution is -2.53. The first-order valence-corrected chi connectivity index (χ1v) is 13.5. The number of alkyl halides is 1. The van der Waals surface area contributed by atoms with Crippen molar-refractivity contribution < 1.29 is 17.2 Å². The summed E-state index contributed by atoms with van der Waals surface area (Å²) in [5, 5.41) is 9.38. The Labute approximate surface area is 204 Å². The van der Waals surface area contributed by atoms with Crippen LogP contribution in [-0.2, 0) is 16.3 Å². The van der Waals surface area contributed by atoms with Crippen LogP contribution in [0.3, 0.4) is 0 Å². The van der Waals surface area contributed by atoms with Gasteiger partial charge in [-0.2, -0.15) is 0 Å². The summed E-state index contributed by atoms with van der Waals surface area (Å²) in [6.45, 7) is 2.87. The molecule has 0 aliphatic carbocycles. The summed E-state index contributed by atoms with van der Waals surface area (Å²) in [7, 11) is -3.55. The van der Waals surface area contributed by atoms with Gasteiger partial charge in [0, 0.05) is 24.8 Å². The molecule has 0 bridgehead atoms. The van der Waals surface area contributed by atoms with Crippen molar-refractivity contribution in [1.82, 2.24) is 20.1 Å². The molecule has 0 radical (unpaired) electrons. The molecule has 1 aromatic heterocycles. The van der Waals surface area contributed by atoms with E-state index in [2.05, 4.69) is 15.5 Å². The first-order chi connectivity index (χ1) is 16.8. The van der Waals surface area contributed by atoms with Crippen LogP contribution in [0.25, 0.3) is 0 Å². The Kier molecular flexibility index (Phi) is 6.59. The molecule has 186 valence electrons. The predicted molar refractivity (Wildman–Crippen MR) is 130 cm³/mol. The van der Waals surface area contributed by atoms with Crippen LogP contribution >= 0.6 is 0 Å². The second-order valence-corrected chi connectivity index (χ2v) is 11.8. The van der Waals surface area contributed by atoms with Crippen molar-refractivity contribution in [3.63, 3.8) is 0 Å². The van der Waals surface area contributed by atoms with Crippen LogP contribution < -0.4 is 10.2 Å². The van der Waals surface area contributed by atoms with E-state index in [1.54, 1.807) is 16.7 Å². The number of nitrogens with zero attached hydrogens (tertiary/aromatic N) is 4. The Morgan fingerprint density at radius 2 is 1.86 bits per heavy atom. The number of halogens is 2. The lowest BCUT2D eigenvalue weighted by atomic mass is 10.0. The quantitative estimate of drug-likeness (QED) is 0.578. The minimum absolute atomic E-state index is 0.0768. The molecule has 2 aliphatic rings. The maximum Gasteiger partial charge on any atom is 0.163 e. The summed E-state index contributed by atoms with van der Waals surface area (Å²) in [4.78, 5) is 1.82. The van der Waals surface area contributed by atoms with Crippen molar-refractivity contribution in [2.45, 2.75) is 48.5 Å². The molecule has 3 heterocycles. The molecule has 10 heteroatoms. The van der Waals surface area contributed by atoms with Gasteiger partial charge in [-0.3, -0.25) is 0 Å². The average Bonchev–Trinajstić information content (AvgIpc) is 3.37. The van der Waals surface area contributed by atoms with Gasteiger partial charge >= 0.3 is 0 Å². The van der Waals surface area contributed by atoms with E-state index < -0.39 is 32.3 Å². The lowest BCUT2D eigenvalue weighted by Gasteiger charge is -2.37. The second kappa shape index (κ2) is 9.66. The average molecular weight is 502 g/mol. The number of rotatable bonds is 5. The Hall–Kier alpha value is -2.85. The van der Waals surface area contributed by atoms with Gasteiger partial charge in [-0.1, -0.05) is 36.4 Å². The van der Waals surface area contributed by atoms with Gasteiger partial charge in [0.25, 0.3) is 0 Å². The van der Waals surface area contributed by atoms with Gasteiger partial charge < -0.3 is 14.8 Å². The molecule has 7 nitrogen and oxygen atoms in total. The molecule has 2 saturated heterocycles. The zero-order valence-corrected chi connectivity index (χ0v) is 20.3. The van der Waals surface area contributed by atoms with Crippen molar-refractivity contribution in [2.75, 3.05) is 24.5 Å². The Morgan fingerprint density at radius 1 is 1.11 bits per heavy atom. The third-order valence-corrected chi connectivity index (χ3v) is 9.97. The van der Waals surface area contributed by atoms with Crippen LogP contribution in [0.2, 0.25) is 0 Å². The van der Waals surface area contributed by atoms with E-state index in [0.29, 0.717) is 30.8 Å². The number of aromatic nitrogens is 3. The summed E-state index contributed by atoms with van der Waals surface area (Å²) in [6, 6.07) is 13.3. The minimum atomic E-state index is -3.55. The van der Waals surface area contributed by atoms with Crippen LogP contribution in [0, 0.1) is 5.82 Å². The lowest BCUT2D eigenvalue weighted by molar-refractivity contribution is 0.199. The highest BCUT2D eigenvalue weighted by Gasteiger charge is 2.42. The number of nitrogens with one attached hydrogen (secondary N) is 1. The maximum absolute atomic E-state index is 15.2. The van der Waals surface area contributed by atoms with Crippen LogP contribution in [0.5, 0.6) is 0 Å². The minimum Gasteiger partial charge on any atom is -0.368 e. The Balaban J connectivity index is 1.31. The third-order valence-electron chi connectivity index (χ3n) is 7.32. The van der Waals surface area contributed by atoms with E-state index in [1.807, 2.05) is 42.2 Å². The topological polar surface area (TPSA) is 80.1 Å². The molecule has 0 amide bonds. The van der Waals surface area contributed by atoms with Crippen LogP contribution in [0.1, 0.15) is 35.8 Å². The van der Waals surface area contributed by atoms with Gasteiger partial charge in [0.15, 0.2) is 9.84 Å². The molecule has 0 spiro atoms. The van der Waals surface area contributed by atoms with E-state index in [-0.39, 0.29) is 25.0 Å². The normalized spacial score (nSPS) is 28.7. The van der Waals surface area contributed by atoms with Crippen LogP contribution in [0.4, 0.5) is 14.5 Å². The highest BCUT2D eigenvalue weighted by molar-refractivity contribution is 7.92. The van der Waals surface area contributed by atoms with E-state index in [4.69, 9.17) is 0 Å². The highest BCUT2D eigenvalue weighted by Crippen LogP contribution is 2.34. The molecule has 3 aromatic rings. The van der Waals surface area contributed by atoms with Crippen molar-refractivity contribution in [3.05, 3.63) is 78.1 Å². The van der Waals surface area contributed by atoms with Crippen molar-refractivity contribution >= 4 is 15.5 Å². The first-order valence-electron chi connectivity index (χ1n) is 11.9.